The Balaban J connectivity index is 2.95. The van der Waals surface area contributed by atoms with Crippen molar-refractivity contribution in [3.8, 4) is 0 Å². The fourth-order valence-corrected chi connectivity index (χ4v) is 1.54. The molecule has 0 bridgehead atoms. The number of benzene rings is 1. The number of carboxylic acid groups (broad SMARTS) is 1. The van der Waals surface area contributed by atoms with Gasteiger partial charge in [0.2, 0.25) is 0 Å². The molecule has 0 saturated carbocycles. The van der Waals surface area contributed by atoms with Crippen molar-refractivity contribution in [2.24, 2.45) is 5.92 Å². The molecule has 1 aromatic carbocycles. The molecule has 1 unspecified atom stereocenters. The summed E-state index contributed by atoms with van der Waals surface area (Å²) in [5.74, 6) is -0.356. The molecule has 1 aromatic rings. The first kappa shape index (κ1) is 12.6. The molecule has 0 aromatic heterocycles. The zero-order valence-electron chi connectivity index (χ0n) is 10.3. The van der Waals surface area contributed by atoms with E-state index in [0.29, 0.717) is 17.5 Å². The Labute approximate surface area is 96.7 Å². The maximum absolute atomic E-state index is 10.9. The van der Waals surface area contributed by atoms with Crippen LogP contribution in [0.4, 0.5) is 5.69 Å². The van der Waals surface area contributed by atoms with E-state index in [0.717, 1.165) is 5.69 Å². The fraction of sp³-hybridized carbons (Fsp3) is 0.462. The third kappa shape index (κ3) is 2.75. The summed E-state index contributed by atoms with van der Waals surface area (Å²) in [7, 11) is 1.99. The summed E-state index contributed by atoms with van der Waals surface area (Å²) in [4.78, 5) is 13.0. The summed E-state index contributed by atoms with van der Waals surface area (Å²) in [6, 6.07) is 7.42. The van der Waals surface area contributed by atoms with Crippen molar-refractivity contribution in [2.75, 3.05) is 11.9 Å². The van der Waals surface area contributed by atoms with Gasteiger partial charge in [0.1, 0.15) is 0 Å². The third-order valence-corrected chi connectivity index (χ3v) is 3.08. The Hall–Kier alpha value is -1.51. The Morgan fingerprint density at radius 3 is 2.44 bits per heavy atom. The van der Waals surface area contributed by atoms with Gasteiger partial charge in [-0.1, -0.05) is 19.9 Å². The van der Waals surface area contributed by atoms with Gasteiger partial charge in [0.25, 0.3) is 0 Å². The molecule has 0 amide bonds. The molecule has 88 valence electrons. The summed E-state index contributed by atoms with van der Waals surface area (Å²) in [5, 5.41) is 8.92. The molecule has 0 aliphatic rings. The highest BCUT2D eigenvalue weighted by atomic mass is 16.4. The molecule has 1 N–H and O–H groups in total. The first-order valence-electron chi connectivity index (χ1n) is 5.49. The first-order valence-corrected chi connectivity index (χ1v) is 5.49. The fourth-order valence-electron chi connectivity index (χ4n) is 1.54. The molecule has 3 nitrogen and oxygen atoms in total. The van der Waals surface area contributed by atoms with Crippen LogP contribution in [0.3, 0.4) is 0 Å². The van der Waals surface area contributed by atoms with Gasteiger partial charge in [0, 0.05) is 18.8 Å². The topological polar surface area (TPSA) is 40.5 Å². The summed E-state index contributed by atoms with van der Waals surface area (Å²) in [6.45, 7) is 6.45. The number of carbonyl (C=O) groups is 1. The van der Waals surface area contributed by atoms with E-state index < -0.39 is 5.97 Å². The summed E-state index contributed by atoms with van der Waals surface area (Å²) in [6.07, 6.45) is 0. The van der Waals surface area contributed by atoms with Gasteiger partial charge in [-0.15, -0.1) is 0 Å². The van der Waals surface area contributed by atoms with Crippen molar-refractivity contribution < 1.29 is 9.90 Å². The van der Waals surface area contributed by atoms with Crippen molar-refractivity contribution in [3.63, 3.8) is 0 Å². The number of nitrogens with zero attached hydrogens (tertiary/aromatic N) is 1. The van der Waals surface area contributed by atoms with Gasteiger partial charge in [-0.25, -0.2) is 4.79 Å². The summed E-state index contributed by atoms with van der Waals surface area (Å²) < 4.78 is 0. The normalized spacial score (nSPS) is 12.6. The second kappa shape index (κ2) is 5.01. The number of hydrogen-bond acceptors (Lipinski definition) is 2. The number of hydrogen-bond donors (Lipinski definition) is 1. The van der Waals surface area contributed by atoms with E-state index in [1.165, 1.54) is 0 Å². The van der Waals surface area contributed by atoms with Crippen LogP contribution in [0.5, 0.6) is 0 Å². The van der Waals surface area contributed by atoms with E-state index in [2.05, 4.69) is 25.7 Å². The van der Waals surface area contributed by atoms with Crippen LogP contribution in [0, 0.1) is 5.92 Å². The molecule has 0 saturated heterocycles. The predicted octanol–water partition coefficient (Wildman–Crippen LogP) is 2.87. The SMILES string of the molecule is CC(C)C(C)N(C)c1cccc(C(=O)O)c1. The lowest BCUT2D eigenvalue weighted by Crippen LogP contribution is -2.33. The quantitative estimate of drug-likeness (QED) is 0.850. The maximum Gasteiger partial charge on any atom is 0.335 e. The van der Waals surface area contributed by atoms with Crippen LogP contribution in [0.1, 0.15) is 31.1 Å². The zero-order chi connectivity index (χ0) is 12.3. The molecule has 0 radical (unpaired) electrons. The molecule has 16 heavy (non-hydrogen) atoms. The summed E-state index contributed by atoms with van der Waals surface area (Å²) in [5.41, 5.74) is 1.28. The molecular formula is C13H19NO2. The monoisotopic (exact) mass is 221 g/mol. The highest BCUT2D eigenvalue weighted by Gasteiger charge is 2.14. The molecule has 0 aliphatic heterocycles. The lowest BCUT2D eigenvalue weighted by molar-refractivity contribution is 0.0697. The van der Waals surface area contributed by atoms with Gasteiger partial charge in [-0.3, -0.25) is 0 Å². The third-order valence-electron chi connectivity index (χ3n) is 3.08. The molecule has 0 fully saturated rings. The minimum Gasteiger partial charge on any atom is -0.478 e. The second-order valence-corrected chi connectivity index (χ2v) is 4.45. The molecule has 0 aliphatic carbocycles. The Morgan fingerprint density at radius 2 is 1.94 bits per heavy atom. The number of anilines is 1. The van der Waals surface area contributed by atoms with Crippen LogP contribution in [-0.4, -0.2) is 24.2 Å². The second-order valence-electron chi connectivity index (χ2n) is 4.45. The summed E-state index contributed by atoms with van der Waals surface area (Å²) >= 11 is 0. The van der Waals surface area contributed by atoms with E-state index in [-0.39, 0.29) is 0 Å². The molecule has 1 rings (SSSR count). The van der Waals surface area contributed by atoms with E-state index >= 15 is 0 Å². The van der Waals surface area contributed by atoms with Gasteiger partial charge >= 0.3 is 5.97 Å². The van der Waals surface area contributed by atoms with Crippen LogP contribution in [0.15, 0.2) is 24.3 Å². The van der Waals surface area contributed by atoms with Crippen molar-refractivity contribution in [2.45, 2.75) is 26.8 Å². The lowest BCUT2D eigenvalue weighted by atomic mass is 10.0. The average molecular weight is 221 g/mol. The maximum atomic E-state index is 10.9. The van der Waals surface area contributed by atoms with Crippen molar-refractivity contribution >= 4 is 11.7 Å². The minimum atomic E-state index is -0.882. The molecule has 1 atom stereocenters. The zero-order valence-corrected chi connectivity index (χ0v) is 10.3. The molecular weight excluding hydrogens is 202 g/mol. The Morgan fingerprint density at radius 1 is 1.31 bits per heavy atom. The largest absolute Gasteiger partial charge is 0.478 e. The van der Waals surface area contributed by atoms with Gasteiger partial charge in [0.15, 0.2) is 0 Å². The van der Waals surface area contributed by atoms with Crippen LogP contribution in [0.25, 0.3) is 0 Å². The first-order chi connectivity index (χ1) is 7.43. The number of aromatic carboxylic acids is 1. The van der Waals surface area contributed by atoms with Gasteiger partial charge in [0.05, 0.1) is 5.56 Å². The molecule has 3 heteroatoms. The predicted molar refractivity (Wildman–Crippen MR) is 66.1 cm³/mol. The number of rotatable bonds is 4. The van der Waals surface area contributed by atoms with E-state index in [9.17, 15) is 4.79 Å². The smallest absolute Gasteiger partial charge is 0.335 e. The average Bonchev–Trinajstić information content (AvgIpc) is 2.27. The van der Waals surface area contributed by atoms with Crippen LogP contribution in [-0.2, 0) is 0 Å². The van der Waals surface area contributed by atoms with Crippen molar-refractivity contribution in [3.05, 3.63) is 29.8 Å². The Bertz CT molecular complexity index is 374. The van der Waals surface area contributed by atoms with E-state index in [4.69, 9.17) is 5.11 Å². The number of carboxylic acids is 1. The lowest BCUT2D eigenvalue weighted by Gasteiger charge is -2.30. The highest BCUT2D eigenvalue weighted by Crippen LogP contribution is 2.20. The minimum absolute atomic E-state index is 0.334. The highest BCUT2D eigenvalue weighted by molar-refractivity contribution is 5.88. The molecule has 0 spiro atoms. The van der Waals surface area contributed by atoms with Crippen LogP contribution < -0.4 is 4.90 Å². The molecule has 0 heterocycles. The van der Waals surface area contributed by atoms with E-state index in [1.807, 2.05) is 13.1 Å². The van der Waals surface area contributed by atoms with Gasteiger partial charge < -0.3 is 10.0 Å². The van der Waals surface area contributed by atoms with Crippen molar-refractivity contribution in [1.29, 1.82) is 0 Å². The van der Waals surface area contributed by atoms with Crippen LogP contribution >= 0.6 is 0 Å². The van der Waals surface area contributed by atoms with Crippen molar-refractivity contribution in [1.82, 2.24) is 0 Å². The van der Waals surface area contributed by atoms with Crippen LogP contribution in [0.2, 0.25) is 0 Å². The Kier molecular flexibility index (Phi) is 3.93. The van der Waals surface area contributed by atoms with Gasteiger partial charge in [-0.2, -0.15) is 0 Å². The standard InChI is InChI=1S/C13H19NO2/c1-9(2)10(3)14(4)12-7-5-6-11(8-12)13(15)16/h5-10H,1-4H3,(H,15,16). The van der Waals surface area contributed by atoms with E-state index in [1.54, 1.807) is 18.2 Å². The van der Waals surface area contributed by atoms with Gasteiger partial charge in [-0.05, 0) is 31.0 Å².